The molecule has 2 aromatic rings. The highest BCUT2D eigenvalue weighted by atomic mass is 35.5. The van der Waals surface area contributed by atoms with Crippen LogP contribution in [0.4, 0.5) is 0 Å². The summed E-state index contributed by atoms with van der Waals surface area (Å²) in [5.41, 5.74) is 3.59. The molecule has 0 spiro atoms. The minimum Gasteiger partial charge on any atom is -0.292 e. The Bertz CT molecular complexity index is 507. The van der Waals surface area contributed by atoms with Crippen molar-refractivity contribution in [2.75, 3.05) is 12.4 Å². The quantitative estimate of drug-likeness (QED) is 0.757. The number of aromatic nitrogens is 2. The van der Waals surface area contributed by atoms with Gasteiger partial charge in [-0.1, -0.05) is 30.3 Å². The van der Waals surface area contributed by atoms with Crippen molar-refractivity contribution in [1.29, 1.82) is 0 Å². The number of hydrogen-bond donors (Lipinski definition) is 0. The van der Waals surface area contributed by atoms with Gasteiger partial charge in [0.1, 0.15) is 0 Å². The molecule has 0 aliphatic carbocycles. The lowest BCUT2D eigenvalue weighted by Gasteiger charge is -2.21. The Hall–Kier alpha value is -1.32. The van der Waals surface area contributed by atoms with Gasteiger partial charge in [-0.15, -0.1) is 11.6 Å². The molecule has 2 rings (SSSR count). The summed E-state index contributed by atoms with van der Waals surface area (Å²) in [6.45, 7) is 4.68. The van der Waals surface area contributed by atoms with Crippen LogP contribution in [-0.4, -0.2) is 27.1 Å². The third-order valence-corrected chi connectivity index (χ3v) is 3.30. The first kappa shape index (κ1) is 14.1. The summed E-state index contributed by atoms with van der Waals surface area (Å²) in [4.78, 5) is 2.35. The van der Waals surface area contributed by atoms with E-state index in [0.717, 1.165) is 25.3 Å². The van der Waals surface area contributed by atoms with Crippen LogP contribution in [0.3, 0.4) is 0 Å². The van der Waals surface area contributed by atoms with Crippen molar-refractivity contribution in [3.05, 3.63) is 53.3 Å². The molecule has 0 unspecified atom stereocenters. The molecule has 1 aromatic heterocycles. The highest BCUT2D eigenvalue weighted by Crippen LogP contribution is 2.10. The lowest BCUT2D eigenvalue weighted by atomic mass is 10.2. The minimum atomic E-state index is 0.643. The van der Waals surface area contributed by atoms with Gasteiger partial charge in [0.2, 0.25) is 0 Å². The van der Waals surface area contributed by atoms with Crippen LogP contribution in [0.1, 0.15) is 17.0 Å². The van der Waals surface area contributed by atoms with E-state index in [0.29, 0.717) is 5.88 Å². The van der Waals surface area contributed by atoms with E-state index < -0.39 is 0 Å². The van der Waals surface area contributed by atoms with Crippen LogP contribution in [0.15, 0.2) is 36.4 Å². The van der Waals surface area contributed by atoms with Crippen LogP contribution in [0.5, 0.6) is 0 Å². The number of alkyl halides is 1. The second-order valence-electron chi connectivity index (χ2n) is 4.79. The van der Waals surface area contributed by atoms with Gasteiger partial charge in [0.05, 0.1) is 11.4 Å². The van der Waals surface area contributed by atoms with E-state index in [1.54, 1.807) is 0 Å². The smallest absolute Gasteiger partial charge is 0.0597 e. The van der Waals surface area contributed by atoms with E-state index in [-0.39, 0.29) is 0 Å². The van der Waals surface area contributed by atoms with Crippen LogP contribution in [-0.2, 0) is 20.1 Å². The van der Waals surface area contributed by atoms with Crippen molar-refractivity contribution in [1.82, 2.24) is 14.7 Å². The molecule has 0 amide bonds. The van der Waals surface area contributed by atoms with E-state index in [9.17, 15) is 0 Å². The molecule has 0 saturated carbocycles. The number of halogens is 1. The van der Waals surface area contributed by atoms with Crippen LogP contribution >= 0.6 is 11.6 Å². The molecule has 0 atom stereocenters. The molecule has 19 heavy (non-hydrogen) atoms. The van der Waals surface area contributed by atoms with Gasteiger partial charge < -0.3 is 0 Å². The first-order chi connectivity index (χ1) is 9.19. The molecule has 0 saturated heterocycles. The van der Waals surface area contributed by atoms with Crippen LogP contribution in [0, 0.1) is 6.92 Å². The molecule has 0 aliphatic rings. The van der Waals surface area contributed by atoms with E-state index >= 15 is 0 Å². The SMILES string of the molecule is Cc1cc(CN(CCCl)Cc2ccccc2)n(C)n1. The molecule has 0 fully saturated rings. The van der Waals surface area contributed by atoms with Gasteiger partial charge in [0.15, 0.2) is 0 Å². The minimum absolute atomic E-state index is 0.643. The largest absolute Gasteiger partial charge is 0.292 e. The fourth-order valence-corrected chi connectivity index (χ4v) is 2.46. The first-order valence-corrected chi connectivity index (χ1v) is 7.04. The van der Waals surface area contributed by atoms with E-state index in [1.165, 1.54) is 11.3 Å². The normalized spacial score (nSPS) is 11.2. The maximum absolute atomic E-state index is 5.91. The second-order valence-corrected chi connectivity index (χ2v) is 5.16. The monoisotopic (exact) mass is 277 g/mol. The molecule has 3 nitrogen and oxygen atoms in total. The Morgan fingerprint density at radius 2 is 1.95 bits per heavy atom. The molecule has 1 aromatic carbocycles. The van der Waals surface area contributed by atoms with Gasteiger partial charge >= 0.3 is 0 Å². The summed E-state index contributed by atoms with van der Waals surface area (Å²) in [6.07, 6.45) is 0. The maximum Gasteiger partial charge on any atom is 0.0597 e. The maximum atomic E-state index is 5.91. The predicted molar refractivity (Wildman–Crippen MR) is 79.2 cm³/mol. The fourth-order valence-electron chi connectivity index (χ4n) is 2.22. The van der Waals surface area contributed by atoms with Gasteiger partial charge in [0.25, 0.3) is 0 Å². The van der Waals surface area contributed by atoms with Crippen molar-refractivity contribution < 1.29 is 0 Å². The van der Waals surface area contributed by atoms with E-state index in [2.05, 4.69) is 40.3 Å². The molecule has 4 heteroatoms. The third-order valence-electron chi connectivity index (χ3n) is 3.13. The average Bonchev–Trinajstić information content (AvgIpc) is 2.69. The molecule has 0 aliphatic heterocycles. The number of benzene rings is 1. The summed E-state index contributed by atoms with van der Waals surface area (Å²) in [6, 6.07) is 12.6. The van der Waals surface area contributed by atoms with Crippen LogP contribution in [0.2, 0.25) is 0 Å². The molecule has 0 radical (unpaired) electrons. The topological polar surface area (TPSA) is 21.1 Å². The Balaban J connectivity index is 2.06. The number of aryl methyl sites for hydroxylation is 2. The van der Waals surface area contributed by atoms with Crippen molar-refractivity contribution in [3.8, 4) is 0 Å². The number of hydrogen-bond acceptors (Lipinski definition) is 2. The Morgan fingerprint density at radius 3 is 2.53 bits per heavy atom. The Kier molecular flexibility index (Phi) is 5.00. The molecular weight excluding hydrogens is 258 g/mol. The van der Waals surface area contributed by atoms with Crippen LogP contribution in [0.25, 0.3) is 0 Å². The van der Waals surface area contributed by atoms with Gasteiger partial charge in [-0.3, -0.25) is 9.58 Å². The van der Waals surface area contributed by atoms with Crippen molar-refractivity contribution in [2.45, 2.75) is 20.0 Å². The van der Waals surface area contributed by atoms with Gasteiger partial charge in [0, 0.05) is 32.6 Å². The summed E-state index contributed by atoms with van der Waals surface area (Å²) >= 11 is 5.91. The fraction of sp³-hybridized carbons (Fsp3) is 0.400. The highest BCUT2D eigenvalue weighted by Gasteiger charge is 2.10. The Labute approximate surface area is 119 Å². The van der Waals surface area contributed by atoms with Crippen LogP contribution < -0.4 is 0 Å². The van der Waals surface area contributed by atoms with Crippen molar-refractivity contribution >= 4 is 11.6 Å². The summed E-state index contributed by atoms with van der Waals surface area (Å²) in [5, 5.41) is 4.39. The second kappa shape index (κ2) is 6.73. The number of rotatable bonds is 6. The molecule has 102 valence electrons. The predicted octanol–water partition coefficient (Wildman–Crippen LogP) is 2.97. The highest BCUT2D eigenvalue weighted by molar-refractivity contribution is 6.18. The number of nitrogens with zero attached hydrogens (tertiary/aromatic N) is 3. The molecule has 0 N–H and O–H groups in total. The van der Waals surface area contributed by atoms with Gasteiger partial charge in [-0.05, 0) is 18.6 Å². The van der Waals surface area contributed by atoms with Gasteiger partial charge in [-0.2, -0.15) is 5.10 Å². The molecule has 0 bridgehead atoms. The molecule has 1 heterocycles. The first-order valence-electron chi connectivity index (χ1n) is 6.51. The average molecular weight is 278 g/mol. The summed E-state index contributed by atoms with van der Waals surface area (Å²) in [5.74, 6) is 0.643. The zero-order valence-electron chi connectivity index (χ0n) is 11.5. The van der Waals surface area contributed by atoms with E-state index in [1.807, 2.05) is 24.7 Å². The van der Waals surface area contributed by atoms with Gasteiger partial charge in [-0.25, -0.2) is 0 Å². The van der Waals surface area contributed by atoms with E-state index in [4.69, 9.17) is 11.6 Å². The van der Waals surface area contributed by atoms with Crippen molar-refractivity contribution in [3.63, 3.8) is 0 Å². The zero-order valence-corrected chi connectivity index (χ0v) is 12.3. The zero-order chi connectivity index (χ0) is 13.7. The lowest BCUT2D eigenvalue weighted by Crippen LogP contribution is -2.26. The standard InChI is InChI=1S/C15H20ClN3/c1-13-10-15(18(2)17-13)12-19(9-8-16)11-14-6-4-3-5-7-14/h3-7,10H,8-9,11-12H2,1-2H3. The lowest BCUT2D eigenvalue weighted by molar-refractivity contribution is 0.265. The summed E-state index contributed by atoms with van der Waals surface area (Å²) < 4.78 is 1.95. The third kappa shape index (κ3) is 4.08. The van der Waals surface area contributed by atoms with Crippen molar-refractivity contribution in [2.24, 2.45) is 7.05 Å². The summed E-state index contributed by atoms with van der Waals surface area (Å²) in [7, 11) is 1.99. The Morgan fingerprint density at radius 1 is 1.21 bits per heavy atom. The molecular formula is C15H20ClN3.